The van der Waals surface area contributed by atoms with E-state index in [0.717, 1.165) is 47.2 Å². The van der Waals surface area contributed by atoms with Crippen LogP contribution >= 0.6 is 23.4 Å². The van der Waals surface area contributed by atoms with E-state index in [0.29, 0.717) is 10.7 Å². The lowest BCUT2D eigenvalue weighted by Crippen LogP contribution is -2.48. The molecule has 25 heavy (non-hydrogen) atoms. The molecule has 3 aromatic heterocycles. The highest BCUT2D eigenvalue weighted by atomic mass is 35.5. The van der Waals surface area contributed by atoms with Gasteiger partial charge in [-0.25, -0.2) is 9.97 Å². The molecule has 0 unspecified atom stereocenters. The Kier molecular flexibility index (Phi) is 4.26. The van der Waals surface area contributed by atoms with Gasteiger partial charge in [0.25, 0.3) is 0 Å². The summed E-state index contributed by atoms with van der Waals surface area (Å²) in [5, 5.41) is 8.64. The SMILES string of the molecule is CC1(N)CCN(c2cnc3c(Sc4ccncc4Cl)n[nH]c3n2)CC1. The maximum absolute atomic E-state index is 6.20. The monoisotopic (exact) mass is 375 g/mol. The minimum Gasteiger partial charge on any atom is -0.355 e. The minimum absolute atomic E-state index is 0.0877. The molecule has 9 heteroatoms. The summed E-state index contributed by atoms with van der Waals surface area (Å²) < 4.78 is 0. The van der Waals surface area contributed by atoms with Crippen molar-refractivity contribution in [3.05, 3.63) is 29.7 Å². The largest absolute Gasteiger partial charge is 0.355 e. The van der Waals surface area contributed by atoms with Crippen molar-refractivity contribution in [2.24, 2.45) is 5.73 Å². The predicted molar refractivity (Wildman–Crippen MR) is 99.1 cm³/mol. The Labute approximate surface area is 154 Å². The average molecular weight is 376 g/mol. The number of hydrogen-bond acceptors (Lipinski definition) is 7. The number of hydrogen-bond donors (Lipinski definition) is 2. The second kappa shape index (κ2) is 6.44. The second-order valence-corrected chi connectivity index (χ2v) is 7.94. The Morgan fingerprint density at radius 1 is 1.32 bits per heavy atom. The van der Waals surface area contributed by atoms with Crippen molar-refractivity contribution in [1.82, 2.24) is 25.1 Å². The van der Waals surface area contributed by atoms with E-state index in [1.165, 1.54) is 11.8 Å². The molecule has 7 nitrogen and oxygen atoms in total. The van der Waals surface area contributed by atoms with Gasteiger partial charge in [-0.3, -0.25) is 10.1 Å². The molecule has 0 saturated carbocycles. The zero-order valence-electron chi connectivity index (χ0n) is 13.7. The number of nitrogens with zero attached hydrogens (tertiary/aromatic N) is 5. The van der Waals surface area contributed by atoms with Crippen LogP contribution in [0, 0.1) is 0 Å². The molecule has 1 fully saturated rings. The van der Waals surface area contributed by atoms with Gasteiger partial charge >= 0.3 is 0 Å². The van der Waals surface area contributed by atoms with Gasteiger partial charge in [0, 0.05) is 35.9 Å². The normalized spacial score (nSPS) is 17.2. The number of rotatable bonds is 3. The fraction of sp³-hybridized carbons (Fsp3) is 0.375. The topological polar surface area (TPSA) is 96.6 Å². The smallest absolute Gasteiger partial charge is 0.177 e. The van der Waals surface area contributed by atoms with E-state index in [1.54, 1.807) is 18.6 Å². The van der Waals surface area contributed by atoms with E-state index in [-0.39, 0.29) is 5.54 Å². The van der Waals surface area contributed by atoms with Crippen molar-refractivity contribution in [2.45, 2.75) is 35.2 Å². The Hall–Kier alpha value is -1.90. The Morgan fingerprint density at radius 2 is 2.12 bits per heavy atom. The van der Waals surface area contributed by atoms with Crippen LogP contribution in [0.2, 0.25) is 5.02 Å². The molecule has 0 aliphatic carbocycles. The maximum atomic E-state index is 6.20. The van der Waals surface area contributed by atoms with Gasteiger partial charge < -0.3 is 10.6 Å². The summed E-state index contributed by atoms with van der Waals surface area (Å²) in [4.78, 5) is 16.3. The van der Waals surface area contributed by atoms with Gasteiger partial charge in [0.05, 0.1) is 11.2 Å². The molecule has 1 aliphatic rings. The second-order valence-electron chi connectivity index (χ2n) is 6.50. The molecule has 3 N–H and O–H groups in total. The first-order valence-corrected chi connectivity index (χ1v) is 9.24. The summed E-state index contributed by atoms with van der Waals surface area (Å²) in [7, 11) is 0. The van der Waals surface area contributed by atoms with Crippen molar-refractivity contribution in [1.29, 1.82) is 0 Å². The van der Waals surface area contributed by atoms with Gasteiger partial charge in [-0.05, 0) is 25.8 Å². The highest BCUT2D eigenvalue weighted by Gasteiger charge is 2.27. The third kappa shape index (κ3) is 3.42. The lowest BCUT2D eigenvalue weighted by atomic mass is 9.91. The van der Waals surface area contributed by atoms with E-state index >= 15 is 0 Å². The number of H-pyrrole nitrogens is 1. The molecule has 3 aromatic rings. The first-order chi connectivity index (χ1) is 12.0. The first-order valence-electron chi connectivity index (χ1n) is 8.04. The van der Waals surface area contributed by atoms with Crippen LogP contribution in [-0.4, -0.2) is 43.8 Å². The van der Waals surface area contributed by atoms with Crippen molar-refractivity contribution in [3.8, 4) is 0 Å². The molecule has 4 heterocycles. The summed E-state index contributed by atoms with van der Waals surface area (Å²) in [6.45, 7) is 3.87. The van der Waals surface area contributed by atoms with Crippen molar-refractivity contribution >= 4 is 40.3 Å². The van der Waals surface area contributed by atoms with Crippen LogP contribution in [0.4, 0.5) is 5.82 Å². The molecule has 0 radical (unpaired) electrons. The van der Waals surface area contributed by atoms with E-state index in [9.17, 15) is 0 Å². The fourth-order valence-electron chi connectivity index (χ4n) is 2.79. The Morgan fingerprint density at radius 3 is 2.88 bits per heavy atom. The lowest BCUT2D eigenvalue weighted by Gasteiger charge is -2.37. The van der Waals surface area contributed by atoms with Gasteiger partial charge in [0.15, 0.2) is 10.7 Å². The molecule has 0 bridgehead atoms. The molecule has 0 atom stereocenters. The number of halogens is 1. The number of aromatic nitrogens is 5. The Bertz CT molecular complexity index is 900. The highest BCUT2D eigenvalue weighted by molar-refractivity contribution is 7.99. The molecular weight excluding hydrogens is 358 g/mol. The third-order valence-corrected chi connectivity index (χ3v) is 5.86. The van der Waals surface area contributed by atoms with Crippen molar-refractivity contribution in [2.75, 3.05) is 18.0 Å². The Balaban J connectivity index is 1.58. The molecule has 4 rings (SSSR count). The number of nitrogens with one attached hydrogen (secondary N) is 1. The van der Waals surface area contributed by atoms with Crippen LogP contribution in [0.1, 0.15) is 19.8 Å². The van der Waals surface area contributed by atoms with Crippen LogP contribution in [0.5, 0.6) is 0 Å². The number of piperidine rings is 1. The van der Waals surface area contributed by atoms with Crippen LogP contribution in [0.25, 0.3) is 11.2 Å². The third-order valence-electron chi connectivity index (χ3n) is 4.40. The first kappa shape index (κ1) is 16.6. The molecule has 0 amide bonds. The number of aromatic amines is 1. The molecular formula is C16H18ClN7S. The average Bonchev–Trinajstić information content (AvgIpc) is 2.99. The fourth-order valence-corrected chi connectivity index (χ4v) is 3.85. The molecule has 0 spiro atoms. The maximum Gasteiger partial charge on any atom is 0.177 e. The van der Waals surface area contributed by atoms with E-state index in [2.05, 4.69) is 37.0 Å². The molecule has 130 valence electrons. The van der Waals surface area contributed by atoms with Crippen molar-refractivity contribution < 1.29 is 0 Å². The van der Waals surface area contributed by atoms with Gasteiger partial charge in [-0.15, -0.1) is 0 Å². The molecule has 0 aromatic carbocycles. The minimum atomic E-state index is -0.0877. The number of fused-ring (bicyclic) bond motifs is 1. The van der Waals surface area contributed by atoms with E-state index < -0.39 is 0 Å². The van der Waals surface area contributed by atoms with Crippen LogP contribution < -0.4 is 10.6 Å². The summed E-state index contributed by atoms with van der Waals surface area (Å²) in [6.07, 6.45) is 7.00. The van der Waals surface area contributed by atoms with Crippen molar-refractivity contribution in [3.63, 3.8) is 0 Å². The summed E-state index contributed by atoms with van der Waals surface area (Å²) in [6, 6.07) is 1.85. The zero-order chi connectivity index (χ0) is 17.4. The number of anilines is 1. The van der Waals surface area contributed by atoms with Gasteiger partial charge in [-0.1, -0.05) is 23.4 Å². The summed E-state index contributed by atoms with van der Waals surface area (Å²) in [5.41, 5.74) is 7.52. The van der Waals surface area contributed by atoms with Gasteiger partial charge in [0.2, 0.25) is 0 Å². The number of pyridine rings is 1. The molecule has 1 aliphatic heterocycles. The van der Waals surface area contributed by atoms with Crippen LogP contribution in [0.3, 0.4) is 0 Å². The highest BCUT2D eigenvalue weighted by Crippen LogP contribution is 2.34. The lowest BCUT2D eigenvalue weighted by molar-refractivity contribution is 0.363. The quantitative estimate of drug-likeness (QED) is 0.726. The zero-order valence-corrected chi connectivity index (χ0v) is 15.3. The standard InChI is InChI=1S/C16H18ClN7S/c1-16(18)3-6-24(7-4-16)12-9-20-13-14(21-12)22-23-15(13)25-11-2-5-19-8-10(11)17/h2,5,8-9H,3-4,6-7,18H2,1H3,(H,21,22,23). The van der Waals surface area contributed by atoms with Crippen LogP contribution in [0.15, 0.2) is 34.6 Å². The summed E-state index contributed by atoms with van der Waals surface area (Å²) >= 11 is 7.61. The van der Waals surface area contributed by atoms with E-state index in [1.807, 2.05) is 6.07 Å². The van der Waals surface area contributed by atoms with Gasteiger partial charge in [0.1, 0.15) is 11.3 Å². The predicted octanol–water partition coefficient (Wildman–Crippen LogP) is 2.87. The summed E-state index contributed by atoms with van der Waals surface area (Å²) in [5.74, 6) is 0.852. The van der Waals surface area contributed by atoms with Crippen LogP contribution in [-0.2, 0) is 0 Å². The van der Waals surface area contributed by atoms with Gasteiger partial charge in [-0.2, -0.15) is 5.10 Å². The molecule has 1 saturated heterocycles. The number of nitrogens with two attached hydrogens (primary N) is 1. The van der Waals surface area contributed by atoms with E-state index in [4.69, 9.17) is 17.3 Å².